The fourth-order valence-electron chi connectivity index (χ4n) is 2.08. The molecule has 1 N–H and O–H groups in total. The second-order valence-corrected chi connectivity index (χ2v) is 5.22. The van der Waals surface area contributed by atoms with E-state index < -0.39 is 0 Å². The van der Waals surface area contributed by atoms with Gasteiger partial charge in [-0.1, -0.05) is 61.1 Å². The van der Waals surface area contributed by atoms with Crippen LogP contribution < -0.4 is 5.44 Å². The molecule has 0 saturated carbocycles. The zero-order valence-corrected chi connectivity index (χ0v) is 11.8. The van der Waals surface area contributed by atoms with Gasteiger partial charge < -0.3 is 4.98 Å². The Kier molecular flexibility index (Phi) is 7.59. The highest BCUT2D eigenvalue weighted by Gasteiger charge is 1.98. The monoisotopic (exact) mass is 239 g/mol. The number of H-pyrrole nitrogens is 1. The average Bonchev–Trinajstić information content (AvgIpc) is 2.68. The summed E-state index contributed by atoms with van der Waals surface area (Å²) in [6.45, 7) is 2.28. The number of aromatic nitrogens is 1. The van der Waals surface area contributed by atoms with Gasteiger partial charge in [-0.05, 0) is 24.5 Å². The molecule has 16 heavy (non-hydrogen) atoms. The number of hydrogen-bond donors (Lipinski definition) is 1. The minimum Gasteiger partial charge on any atom is -0.362 e. The summed E-state index contributed by atoms with van der Waals surface area (Å²) in [6.07, 6.45) is 14.5. The van der Waals surface area contributed by atoms with Crippen LogP contribution in [0.5, 0.6) is 0 Å². The molecule has 0 aliphatic carbocycles. The summed E-state index contributed by atoms with van der Waals surface area (Å²) in [5.41, 5.74) is 2.74. The van der Waals surface area contributed by atoms with Crippen LogP contribution in [0, 0.1) is 0 Å². The summed E-state index contributed by atoms with van der Waals surface area (Å²) in [6, 6.07) is 2.20. The van der Waals surface area contributed by atoms with Gasteiger partial charge >= 0.3 is 0 Å². The Labute approximate surface area is 103 Å². The molecule has 0 amide bonds. The molecule has 1 heterocycles. The minimum atomic E-state index is 1.23. The van der Waals surface area contributed by atoms with Gasteiger partial charge in [-0.15, -0.1) is 0 Å². The molecule has 2 heteroatoms. The molecule has 1 atom stereocenters. The Morgan fingerprint density at radius 3 is 2.19 bits per heavy atom. The van der Waals surface area contributed by atoms with E-state index in [1.54, 1.807) is 0 Å². The van der Waals surface area contributed by atoms with Gasteiger partial charge in [0.1, 0.15) is 0 Å². The van der Waals surface area contributed by atoms with Crippen LogP contribution in [0.15, 0.2) is 12.3 Å². The molecule has 1 rings (SSSR count). The highest BCUT2D eigenvalue weighted by molar-refractivity contribution is 7.27. The topological polar surface area (TPSA) is 15.8 Å². The predicted molar refractivity (Wildman–Crippen MR) is 76.5 cm³/mol. The van der Waals surface area contributed by atoms with Crippen molar-refractivity contribution >= 4 is 14.7 Å². The third-order valence-corrected chi connectivity index (χ3v) is 3.71. The van der Waals surface area contributed by atoms with Crippen molar-refractivity contribution in [1.29, 1.82) is 0 Å². The number of unbranched alkanes of at least 4 members (excludes halogenated alkanes) is 7. The van der Waals surface area contributed by atoms with E-state index in [0.29, 0.717) is 0 Å². The van der Waals surface area contributed by atoms with E-state index >= 15 is 0 Å². The van der Waals surface area contributed by atoms with E-state index in [4.69, 9.17) is 0 Å². The summed E-state index contributed by atoms with van der Waals surface area (Å²) >= 11 is 0. The summed E-state index contributed by atoms with van der Waals surface area (Å²) < 4.78 is 0. The van der Waals surface area contributed by atoms with E-state index in [1.165, 1.54) is 68.8 Å². The maximum atomic E-state index is 3.21. The average molecular weight is 239 g/mol. The van der Waals surface area contributed by atoms with Crippen LogP contribution in [-0.4, -0.2) is 4.98 Å². The number of hydrogen-bond acceptors (Lipinski definition) is 0. The third kappa shape index (κ3) is 5.70. The van der Waals surface area contributed by atoms with E-state index in [0.717, 1.165) is 0 Å². The van der Waals surface area contributed by atoms with Crippen molar-refractivity contribution in [2.45, 2.75) is 64.7 Å². The molecule has 92 valence electrons. The molecule has 1 unspecified atom stereocenters. The van der Waals surface area contributed by atoms with Crippen LogP contribution in [0.2, 0.25) is 0 Å². The quantitative estimate of drug-likeness (QED) is 0.491. The fourth-order valence-corrected chi connectivity index (χ4v) is 2.42. The Hall–Kier alpha value is -0.290. The lowest BCUT2D eigenvalue weighted by atomic mass is 10.1. The summed E-state index contributed by atoms with van der Waals surface area (Å²) in [5, 5.41) is 0. The maximum Gasteiger partial charge on any atom is 0.0353 e. The van der Waals surface area contributed by atoms with Crippen molar-refractivity contribution in [1.82, 2.24) is 4.98 Å². The van der Waals surface area contributed by atoms with Crippen LogP contribution in [0.4, 0.5) is 0 Å². The molecule has 1 aromatic heterocycles. The van der Waals surface area contributed by atoms with Crippen molar-refractivity contribution < 1.29 is 0 Å². The number of aryl methyl sites for hydroxylation is 1. The van der Waals surface area contributed by atoms with Crippen molar-refractivity contribution in [2.24, 2.45) is 0 Å². The first-order chi connectivity index (χ1) is 7.84. The summed E-state index contributed by atoms with van der Waals surface area (Å²) in [4.78, 5) is 3.21. The molecule has 0 fully saturated rings. The lowest BCUT2D eigenvalue weighted by molar-refractivity contribution is 0.576. The van der Waals surface area contributed by atoms with Crippen LogP contribution in [-0.2, 0) is 6.42 Å². The Morgan fingerprint density at radius 2 is 1.62 bits per heavy atom. The molecule has 0 aliphatic heterocycles. The largest absolute Gasteiger partial charge is 0.362 e. The Balaban J connectivity index is 1.91. The zero-order valence-electron chi connectivity index (χ0n) is 10.6. The van der Waals surface area contributed by atoms with Gasteiger partial charge in [-0.2, -0.15) is 0 Å². The zero-order chi connectivity index (χ0) is 11.6. The van der Waals surface area contributed by atoms with E-state index in [2.05, 4.69) is 27.2 Å². The molecule has 0 bridgehead atoms. The smallest absolute Gasteiger partial charge is 0.0353 e. The molecular formula is C14H26NP. The fraction of sp³-hybridized carbons (Fsp3) is 0.714. The first-order valence-electron chi connectivity index (χ1n) is 6.76. The van der Waals surface area contributed by atoms with Crippen LogP contribution in [0.1, 0.15) is 63.9 Å². The highest BCUT2D eigenvalue weighted by Crippen LogP contribution is 2.11. The molecular weight excluding hydrogens is 213 g/mol. The standard InChI is InChI=1S/C14H26NP/c1-2-3-4-5-6-7-8-9-10-13-11-12-15-14(13)16/h11-12,15H,2-10,16H2,1H3. The molecule has 1 aromatic rings. The van der Waals surface area contributed by atoms with E-state index in [1.807, 2.05) is 6.20 Å². The predicted octanol–water partition coefficient (Wildman–Crippen LogP) is 4.20. The van der Waals surface area contributed by atoms with Crippen LogP contribution in [0.3, 0.4) is 0 Å². The van der Waals surface area contributed by atoms with Gasteiger partial charge in [0.15, 0.2) is 0 Å². The Morgan fingerprint density at radius 1 is 1.00 bits per heavy atom. The normalized spacial score (nSPS) is 10.9. The molecule has 1 nitrogen and oxygen atoms in total. The minimum absolute atomic E-state index is 1.23. The highest BCUT2D eigenvalue weighted by atomic mass is 31.0. The van der Waals surface area contributed by atoms with Crippen molar-refractivity contribution in [2.75, 3.05) is 0 Å². The maximum absolute atomic E-state index is 3.21. The number of rotatable bonds is 9. The van der Waals surface area contributed by atoms with Gasteiger partial charge in [-0.25, -0.2) is 0 Å². The van der Waals surface area contributed by atoms with Crippen molar-refractivity contribution in [3.8, 4) is 0 Å². The first kappa shape index (κ1) is 13.8. The van der Waals surface area contributed by atoms with Crippen molar-refractivity contribution in [3.05, 3.63) is 17.8 Å². The van der Waals surface area contributed by atoms with Gasteiger partial charge in [0.2, 0.25) is 0 Å². The Bertz CT molecular complexity index is 267. The van der Waals surface area contributed by atoms with Gasteiger partial charge in [0.25, 0.3) is 0 Å². The third-order valence-electron chi connectivity index (χ3n) is 3.17. The molecule has 0 radical (unpaired) electrons. The second-order valence-electron chi connectivity index (χ2n) is 4.64. The van der Waals surface area contributed by atoms with E-state index in [9.17, 15) is 0 Å². The number of nitrogens with one attached hydrogen (secondary N) is 1. The lowest BCUT2D eigenvalue weighted by Crippen LogP contribution is -1.98. The summed E-state index contributed by atoms with van der Waals surface area (Å²) in [5.74, 6) is 0. The molecule has 0 aromatic carbocycles. The first-order valence-corrected chi connectivity index (χ1v) is 7.34. The van der Waals surface area contributed by atoms with Gasteiger partial charge in [0, 0.05) is 11.6 Å². The molecule has 0 spiro atoms. The van der Waals surface area contributed by atoms with Gasteiger partial charge in [-0.3, -0.25) is 0 Å². The lowest BCUT2D eigenvalue weighted by Gasteiger charge is -2.02. The van der Waals surface area contributed by atoms with Crippen LogP contribution >= 0.6 is 9.24 Å². The number of aromatic amines is 1. The van der Waals surface area contributed by atoms with Crippen molar-refractivity contribution in [3.63, 3.8) is 0 Å². The summed E-state index contributed by atoms with van der Waals surface area (Å²) in [7, 11) is 2.77. The van der Waals surface area contributed by atoms with Gasteiger partial charge in [0.05, 0.1) is 0 Å². The van der Waals surface area contributed by atoms with Crippen LogP contribution in [0.25, 0.3) is 0 Å². The molecule has 0 aliphatic rings. The second kappa shape index (κ2) is 8.82. The van der Waals surface area contributed by atoms with E-state index in [-0.39, 0.29) is 0 Å². The molecule has 0 saturated heterocycles. The SMILES string of the molecule is CCCCCCCCCCc1cc[nH]c1P.